The van der Waals surface area contributed by atoms with Gasteiger partial charge >= 0.3 is 0 Å². The second-order valence-electron chi connectivity index (χ2n) is 8.65. The molecule has 3 aromatic heterocycles. The third-order valence-corrected chi connectivity index (χ3v) is 5.97. The lowest BCUT2D eigenvalue weighted by atomic mass is 10.1. The number of hydrogen-bond acceptors (Lipinski definition) is 6. The lowest BCUT2D eigenvalue weighted by Gasteiger charge is -2.35. The van der Waals surface area contributed by atoms with Crippen molar-refractivity contribution in [1.82, 2.24) is 29.5 Å². The van der Waals surface area contributed by atoms with Gasteiger partial charge in [0.15, 0.2) is 5.65 Å². The van der Waals surface area contributed by atoms with Crippen LogP contribution < -0.4 is 4.90 Å². The van der Waals surface area contributed by atoms with Crippen LogP contribution in [0.2, 0.25) is 0 Å². The smallest absolute Gasteiger partial charge is 0.259 e. The number of rotatable bonds is 4. The Bertz CT molecular complexity index is 1290. The number of nitrogens with zero attached hydrogens (tertiary/aromatic N) is 7. The number of carbonyl (C=O) groups is 1. The van der Waals surface area contributed by atoms with Crippen molar-refractivity contribution in [3.63, 3.8) is 0 Å². The van der Waals surface area contributed by atoms with E-state index in [-0.39, 0.29) is 11.8 Å². The van der Waals surface area contributed by atoms with Gasteiger partial charge in [0.05, 0.1) is 11.9 Å². The zero-order valence-corrected chi connectivity index (χ0v) is 19.1. The Morgan fingerprint density at radius 1 is 1.00 bits per heavy atom. The fraction of sp³-hybridized carbons (Fsp3) is 0.320. The number of hydrogen-bond donors (Lipinski definition) is 0. The van der Waals surface area contributed by atoms with Crippen LogP contribution in [0, 0.1) is 6.92 Å². The van der Waals surface area contributed by atoms with Gasteiger partial charge < -0.3 is 9.80 Å². The molecular weight excluding hydrogens is 414 g/mol. The van der Waals surface area contributed by atoms with Crippen LogP contribution in [0.4, 0.5) is 5.82 Å². The van der Waals surface area contributed by atoms with Crippen molar-refractivity contribution < 1.29 is 4.79 Å². The molecule has 1 aliphatic heterocycles. The maximum atomic E-state index is 13.4. The van der Waals surface area contributed by atoms with Gasteiger partial charge in [0.1, 0.15) is 17.2 Å². The Morgan fingerprint density at radius 3 is 2.48 bits per heavy atom. The zero-order chi connectivity index (χ0) is 22.9. The molecule has 1 amide bonds. The first kappa shape index (κ1) is 21.1. The highest BCUT2D eigenvalue weighted by molar-refractivity contribution is 6.00. The van der Waals surface area contributed by atoms with Gasteiger partial charge in [-0.2, -0.15) is 5.10 Å². The van der Waals surface area contributed by atoms with E-state index in [0.29, 0.717) is 24.3 Å². The summed E-state index contributed by atoms with van der Waals surface area (Å²) >= 11 is 0. The van der Waals surface area contributed by atoms with Gasteiger partial charge in [-0.3, -0.25) is 4.79 Å². The highest BCUT2D eigenvalue weighted by Gasteiger charge is 2.26. The van der Waals surface area contributed by atoms with Crippen LogP contribution in [0.25, 0.3) is 16.9 Å². The van der Waals surface area contributed by atoms with Crippen molar-refractivity contribution in [3.05, 3.63) is 71.9 Å². The Morgan fingerprint density at radius 2 is 1.76 bits per heavy atom. The highest BCUT2D eigenvalue weighted by atomic mass is 16.2. The number of fused-ring (bicyclic) bond motifs is 1. The predicted molar refractivity (Wildman–Crippen MR) is 127 cm³/mol. The monoisotopic (exact) mass is 441 g/mol. The molecule has 1 fully saturated rings. The number of amides is 1. The Hall–Kier alpha value is -3.81. The summed E-state index contributed by atoms with van der Waals surface area (Å²) in [4.78, 5) is 31.2. The van der Waals surface area contributed by atoms with Gasteiger partial charge in [0.2, 0.25) is 0 Å². The molecule has 0 bridgehead atoms. The van der Waals surface area contributed by atoms with Gasteiger partial charge in [0, 0.05) is 55.6 Å². The Kier molecular flexibility index (Phi) is 5.50. The van der Waals surface area contributed by atoms with E-state index in [1.165, 1.54) is 0 Å². The number of aromatic nitrogens is 5. The van der Waals surface area contributed by atoms with Crippen LogP contribution in [0.5, 0.6) is 0 Å². The Balaban J connectivity index is 1.35. The normalized spacial score (nSPS) is 14.3. The van der Waals surface area contributed by atoms with Crippen molar-refractivity contribution in [3.8, 4) is 11.3 Å². The summed E-state index contributed by atoms with van der Waals surface area (Å²) in [6.45, 7) is 8.89. The predicted octanol–water partition coefficient (Wildman–Crippen LogP) is 3.58. The van der Waals surface area contributed by atoms with E-state index in [4.69, 9.17) is 4.98 Å². The molecule has 33 heavy (non-hydrogen) atoms. The maximum absolute atomic E-state index is 13.4. The molecule has 5 rings (SSSR count). The second-order valence-corrected chi connectivity index (χ2v) is 8.65. The number of carbonyl (C=O) groups excluding carboxylic acids is 1. The third-order valence-electron chi connectivity index (χ3n) is 5.97. The van der Waals surface area contributed by atoms with Gasteiger partial charge in [-0.25, -0.2) is 19.5 Å². The summed E-state index contributed by atoms with van der Waals surface area (Å²) in [5.74, 6) is 2.03. The first-order valence-electron chi connectivity index (χ1n) is 11.3. The van der Waals surface area contributed by atoms with E-state index in [2.05, 4.69) is 33.8 Å². The van der Waals surface area contributed by atoms with Crippen LogP contribution in [-0.4, -0.2) is 61.6 Å². The van der Waals surface area contributed by atoms with E-state index in [1.807, 2.05) is 54.3 Å². The van der Waals surface area contributed by atoms with E-state index in [1.54, 1.807) is 16.9 Å². The van der Waals surface area contributed by atoms with Crippen molar-refractivity contribution in [1.29, 1.82) is 0 Å². The van der Waals surface area contributed by atoms with Crippen molar-refractivity contribution in [2.45, 2.75) is 26.7 Å². The van der Waals surface area contributed by atoms with E-state index >= 15 is 0 Å². The number of benzene rings is 1. The third kappa shape index (κ3) is 4.04. The zero-order valence-electron chi connectivity index (χ0n) is 19.1. The molecule has 0 unspecified atom stereocenters. The topological polar surface area (TPSA) is 79.5 Å². The Labute approximate surface area is 192 Å². The van der Waals surface area contributed by atoms with Crippen LogP contribution in [0.3, 0.4) is 0 Å². The van der Waals surface area contributed by atoms with Gasteiger partial charge in [-0.1, -0.05) is 44.2 Å². The summed E-state index contributed by atoms with van der Waals surface area (Å²) < 4.78 is 1.75. The molecule has 0 radical (unpaired) electrons. The summed E-state index contributed by atoms with van der Waals surface area (Å²) in [5, 5.41) is 4.49. The summed E-state index contributed by atoms with van der Waals surface area (Å²) in [6.07, 6.45) is 3.37. The molecule has 0 aliphatic carbocycles. The maximum Gasteiger partial charge on any atom is 0.259 e. The quantitative estimate of drug-likeness (QED) is 0.482. The minimum absolute atomic E-state index is 0.0379. The van der Waals surface area contributed by atoms with E-state index < -0.39 is 0 Å². The molecule has 1 aliphatic rings. The molecule has 1 saturated heterocycles. The van der Waals surface area contributed by atoms with Gasteiger partial charge in [0.25, 0.3) is 5.91 Å². The molecule has 4 heterocycles. The number of aryl methyl sites for hydroxylation is 1. The standard InChI is InChI=1S/C25H27N7O/c1-17(2)23-28-18(3)15-22(29-23)30-11-13-31(14-12-30)25(33)20-16-27-32-21(9-10-26-24(20)32)19-7-5-4-6-8-19/h4-10,15-17H,11-14H2,1-3H3. The molecule has 0 spiro atoms. The average molecular weight is 442 g/mol. The molecule has 0 saturated carbocycles. The van der Waals surface area contributed by atoms with Crippen molar-refractivity contribution in [2.75, 3.05) is 31.1 Å². The molecule has 1 aromatic carbocycles. The lowest BCUT2D eigenvalue weighted by molar-refractivity contribution is 0.0748. The summed E-state index contributed by atoms with van der Waals surface area (Å²) in [5.41, 5.74) is 4.01. The first-order valence-corrected chi connectivity index (χ1v) is 11.3. The molecule has 0 atom stereocenters. The second kappa shape index (κ2) is 8.61. The fourth-order valence-electron chi connectivity index (χ4n) is 4.17. The minimum Gasteiger partial charge on any atom is -0.353 e. The molecule has 0 N–H and O–H groups in total. The minimum atomic E-state index is -0.0379. The average Bonchev–Trinajstić information content (AvgIpc) is 3.28. The summed E-state index contributed by atoms with van der Waals surface area (Å²) in [6, 6.07) is 13.9. The summed E-state index contributed by atoms with van der Waals surface area (Å²) in [7, 11) is 0. The molecule has 4 aromatic rings. The van der Waals surface area contributed by atoms with E-state index in [0.717, 1.165) is 41.7 Å². The van der Waals surface area contributed by atoms with Crippen LogP contribution in [0.1, 0.15) is 41.6 Å². The lowest BCUT2D eigenvalue weighted by Crippen LogP contribution is -2.49. The van der Waals surface area contributed by atoms with Gasteiger partial charge in [-0.15, -0.1) is 0 Å². The van der Waals surface area contributed by atoms with Crippen molar-refractivity contribution in [2.24, 2.45) is 0 Å². The molecule has 168 valence electrons. The van der Waals surface area contributed by atoms with Gasteiger partial charge in [-0.05, 0) is 13.0 Å². The van der Waals surface area contributed by atoms with Crippen LogP contribution >= 0.6 is 0 Å². The number of piperazine rings is 1. The SMILES string of the molecule is Cc1cc(N2CCN(C(=O)c3cnn4c(-c5ccccc5)ccnc34)CC2)nc(C(C)C)n1. The number of anilines is 1. The van der Waals surface area contributed by atoms with Crippen LogP contribution in [-0.2, 0) is 0 Å². The van der Waals surface area contributed by atoms with E-state index in [9.17, 15) is 4.79 Å². The largest absolute Gasteiger partial charge is 0.353 e. The first-order chi connectivity index (χ1) is 16.0. The highest BCUT2D eigenvalue weighted by Crippen LogP contribution is 2.23. The molecular formula is C25H27N7O. The molecule has 8 heteroatoms. The van der Waals surface area contributed by atoms with Crippen LogP contribution in [0.15, 0.2) is 54.9 Å². The fourth-order valence-corrected chi connectivity index (χ4v) is 4.17. The molecule has 8 nitrogen and oxygen atoms in total. The van der Waals surface area contributed by atoms with Crippen molar-refractivity contribution >= 4 is 17.4 Å².